The summed E-state index contributed by atoms with van der Waals surface area (Å²) < 4.78 is 43.5. The predicted molar refractivity (Wildman–Crippen MR) is 131 cm³/mol. The van der Waals surface area contributed by atoms with Crippen LogP contribution in [-0.2, 0) is 27.9 Å². The highest BCUT2D eigenvalue weighted by atomic mass is 35.5. The molecule has 6 atom stereocenters. The molecule has 0 bridgehead atoms. The molecule has 0 radical (unpaired) electrons. The van der Waals surface area contributed by atoms with Gasteiger partial charge in [-0.15, -0.1) is 11.6 Å². The van der Waals surface area contributed by atoms with Crippen molar-refractivity contribution in [2.75, 3.05) is 25.6 Å². The number of anilines is 1. The Morgan fingerprint density at radius 1 is 1.44 bits per heavy atom. The highest BCUT2D eigenvalue weighted by Gasteiger charge is 2.60. The number of nitrogens with zero attached hydrogens (tertiary/aromatic N) is 4. The van der Waals surface area contributed by atoms with Gasteiger partial charge in [0.15, 0.2) is 17.4 Å². The van der Waals surface area contributed by atoms with E-state index in [1.54, 1.807) is 39.2 Å². The van der Waals surface area contributed by atoms with Crippen LogP contribution in [0.2, 0.25) is 0 Å². The van der Waals surface area contributed by atoms with E-state index in [2.05, 4.69) is 20.0 Å². The molecular formula is C21H32ClN6O7P. The average Bonchev–Trinajstić information content (AvgIpc) is 3.29. The molecule has 2 aliphatic heterocycles. The molecule has 4 heterocycles. The van der Waals surface area contributed by atoms with Crippen molar-refractivity contribution < 1.29 is 32.6 Å². The highest BCUT2D eigenvalue weighted by molar-refractivity contribution is 7.51. The third kappa shape index (κ3) is 5.18. The summed E-state index contributed by atoms with van der Waals surface area (Å²) in [7, 11) is -3.79. The fourth-order valence-corrected chi connectivity index (χ4v) is 6.18. The molecule has 0 aliphatic carbocycles. The Morgan fingerprint density at radius 2 is 2.17 bits per heavy atom. The van der Waals surface area contributed by atoms with E-state index in [0.717, 1.165) is 0 Å². The van der Waals surface area contributed by atoms with Gasteiger partial charge >= 0.3 is 13.7 Å². The van der Waals surface area contributed by atoms with Gasteiger partial charge in [0.1, 0.15) is 23.7 Å². The quantitative estimate of drug-likeness (QED) is 0.297. The molecule has 2 fully saturated rings. The van der Waals surface area contributed by atoms with Crippen LogP contribution in [0.15, 0.2) is 6.33 Å². The number of rotatable bonds is 7. The van der Waals surface area contributed by atoms with Crippen LogP contribution in [0.25, 0.3) is 11.2 Å². The van der Waals surface area contributed by atoms with Crippen molar-refractivity contribution in [2.45, 2.75) is 70.9 Å². The molecule has 2 aromatic heterocycles. The minimum atomic E-state index is -3.79. The Balaban J connectivity index is 1.51. The van der Waals surface area contributed by atoms with Crippen molar-refractivity contribution in [3.63, 3.8) is 0 Å². The molecule has 0 spiro atoms. The third-order valence-corrected chi connectivity index (χ3v) is 7.89. The van der Waals surface area contributed by atoms with E-state index >= 15 is 0 Å². The van der Waals surface area contributed by atoms with E-state index in [-0.39, 0.29) is 31.0 Å². The van der Waals surface area contributed by atoms with Gasteiger partial charge in [-0.1, -0.05) is 0 Å². The number of alkyl halides is 1. The average molecular weight is 547 g/mol. The zero-order valence-corrected chi connectivity index (χ0v) is 22.7. The number of hydrogen-bond donors (Lipinski definition) is 2. The summed E-state index contributed by atoms with van der Waals surface area (Å²) in [6.45, 7) is 10.8. The van der Waals surface area contributed by atoms with E-state index < -0.39 is 42.5 Å². The Bertz CT molecular complexity index is 1190. The van der Waals surface area contributed by atoms with E-state index in [1.807, 2.05) is 6.92 Å². The Labute approximate surface area is 213 Å². The molecule has 15 heteroatoms. The van der Waals surface area contributed by atoms with Gasteiger partial charge in [-0.05, 0) is 41.5 Å². The Morgan fingerprint density at radius 3 is 2.83 bits per heavy atom. The lowest BCUT2D eigenvalue weighted by atomic mass is 9.97. The number of hydrogen-bond acceptors (Lipinski definition) is 11. The second kappa shape index (κ2) is 9.70. The number of imidazole rings is 1. The molecule has 4 rings (SSSR count). The van der Waals surface area contributed by atoms with Gasteiger partial charge in [0.05, 0.1) is 25.0 Å². The van der Waals surface area contributed by atoms with Crippen LogP contribution in [0.4, 0.5) is 5.95 Å². The van der Waals surface area contributed by atoms with E-state index in [0.29, 0.717) is 17.8 Å². The normalized spacial score (nSPS) is 31.2. The zero-order chi connectivity index (χ0) is 26.5. The van der Waals surface area contributed by atoms with E-state index in [1.165, 1.54) is 6.33 Å². The van der Waals surface area contributed by atoms with Gasteiger partial charge in [-0.2, -0.15) is 9.97 Å². The lowest BCUT2D eigenvalue weighted by Gasteiger charge is -2.36. The van der Waals surface area contributed by atoms with Crippen LogP contribution in [-0.4, -0.2) is 68.4 Å². The van der Waals surface area contributed by atoms with Crippen LogP contribution >= 0.6 is 19.3 Å². The SMILES string of the molecule is CCOc1nc(N)nc2c1ncn2[C@@H]1O[C@@H]2COP(=O)(N[C@H](C)COC(=O)C(C)(C)C)O[C@H]2[C@@]1(C)Cl. The number of carbonyl (C=O) groups excluding carboxylic acids is 1. The van der Waals surface area contributed by atoms with Crippen molar-refractivity contribution in [2.24, 2.45) is 5.41 Å². The van der Waals surface area contributed by atoms with Crippen molar-refractivity contribution in [1.29, 1.82) is 0 Å². The predicted octanol–water partition coefficient (Wildman–Crippen LogP) is 2.79. The van der Waals surface area contributed by atoms with E-state index in [9.17, 15) is 9.36 Å². The van der Waals surface area contributed by atoms with Crippen LogP contribution in [0.1, 0.15) is 47.8 Å². The van der Waals surface area contributed by atoms with Gasteiger partial charge in [-0.3, -0.25) is 18.4 Å². The third-order valence-electron chi connectivity index (χ3n) is 5.74. The summed E-state index contributed by atoms with van der Waals surface area (Å²) in [5, 5.41) is 2.81. The molecule has 1 unspecified atom stereocenters. The number of aromatic nitrogens is 4. The van der Waals surface area contributed by atoms with Crippen LogP contribution in [0, 0.1) is 5.41 Å². The zero-order valence-electron chi connectivity index (χ0n) is 21.1. The van der Waals surface area contributed by atoms with Gasteiger partial charge < -0.3 is 19.9 Å². The molecule has 0 aromatic carbocycles. The van der Waals surface area contributed by atoms with Crippen LogP contribution in [0.5, 0.6) is 5.88 Å². The topological polar surface area (TPSA) is 162 Å². The van der Waals surface area contributed by atoms with E-state index in [4.69, 9.17) is 40.6 Å². The van der Waals surface area contributed by atoms with Gasteiger partial charge in [-0.25, -0.2) is 14.6 Å². The minimum Gasteiger partial charge on any atom is -0.476 e. The molecule has 0 saturated carbocycles. The molecule has 2 saturated heterocycles. The first-order valence-corrected chi connectivity index (χ1v) is 13.5. The number of fused-ring (bicyclic) bond motifs is 2. The van der Waals surface area contributed by atoms with Crippen molar-refractivity contribution in [3.05, 3.63) is 6.33 Å². The maximum atomic E-state index is 13.4. The van der Waals surface area contributed by atoms with Gasteiger partial charge in [0, 0.05) is 6.04 Å². The standard InChI is InChI=1S/C21H32ClN6O7P/c1-7-31-16-13-15(25-19(23)26-16)28(10-24-13)17-21(6,22)14-12(34-17)9-33-36(30,35-14)27-11(2)8-32-18(29)20(3,4)5/h10-12,14,17H,7-9H2,1-6H3,(H,27,30)(H2,23,25,26)/t11-,12-,14-,17-,21-,36?/m1/s1. The van der Waals surface area contributed by atoms with Crippen molar-refractivity contribution >= 4 is 42.4 Å². The number of nitrogens with two attached hydrogens (primary N) is 1. The summed E-state index contributed by atoms with van der Waals surface area (Å²) in [6, 6.07) is -0.507. The second-order valence-electron chi connectivity index (χ2n) is 10.0. The van der Waals surface area contributed by atoms with Crippen LogP contribution in [0.3, 0.4) is 0 Å². The first kappa shape index (κ1) is 27.0. The molecule has 13 nitrogen and oxygen atoms in total. The highest BCUT2D eigenvalue weighted by Crippen LogP contribution is 2.57. The minimum absolute atomic E-state index is 0.00817. The van der Waals surface area contributed by atoms with Crippen molar-refractivity contribution in [3.8, 4) is 5.88 Å². The molecule has 2 aliphatic rings. The molecule has 3 N–H and O–H groups in total. The number of nitrogens with one attached hydrogen (secondary N) is 1. The number of carbonyl (C=O) groups is 1. The summed E-state index contributed by atoms with van der Waals surface area (Å²) in [5.74, 6) is -0.112. The lowest BCUT2D eigenvalue weighted by molar-refractivity contribution is -0.153. The number of esters is 1. The number of halogens is 1. The molecule has 36 heavy (non-hydrogen) atoms. The molecular weight excluding hydrogens is 515 g/mol. The number of nitrogen functional groups attached to an aromatic ring is 1. The monoisotopic (exact) mass is 546 g/mol. The first-order valence-electron chi connectivity index (χ1n) is 11.6. The maximum absolute atomic E-state index is 13.4. The summed E-state index contributed by atoms with van der Waals surface area (Å²) in [5.41, 5.74) is 6.00. The summed E-state index contributed by atoms with van der Waals surface area (Å²) >= 11 is 6.98. The fourth-order valence-electron chi connectivity index (χ4n) is 3.97. The van der Waals surface area contributed by atoms with Gasteiger partial charge in [0.25, 0.3) is 0 Å². The Hall–Kier alpha value is -2.02. The smallest absolute Gasteiger partial charge is 0.406 e. The van der Waals surface area contributed by atoms with Gasteiger partial charge in [0.2, 0.25) is 11.8 Å². The molecule has 200 valence electrons. The van der Waals surface area contributed by atoms with Crippen LogP contribution < -0.4 is 15.6 Å². The van der Waals surface area contributed by atoms with Crippen molar-refractivity contribution in [1.82, 2.24) is 24.6 Å². The summed E-state index contributed by atoms with van der Waals surface area (Å²) in [4.78, 5) is 23.6. The second-order valence-corrected chi connectivity index (χ2v) is 12.6. The molecule has 0 amide bonds. The summed E-state index contributed by atoms with van der Waals surface area (Å²) in [6.07, 6.45) is -0.709. The first-order chi connectivity index (χ1) is 16.7. The molecule has 2 aromatic rings. The fraction of sp³-hybridized carbons (Fsp3) is 0.714. The Kier molecular flexibility index (Phi) is 7.28. The lowest BCUT2D eigenvalue weighted by Crippen LogP contribution is -2.46. The number of ether oxygens (including phenoxy) is 3. The largest absolute Gasteiger partial charge is 0.476 e. The maximum Gasteiger partial charge on any atom is 0.406 e.